The maximum Gasteiger partial charge on any atom is 0.500 e. The van der Waals surface area contributed by atoms with Crippen LogP contribution in [0.5, 0.6) is 0 Å². The Morgan fingerprint density at radius 2 is 1.86 bits per heavy atom. The Kier molecular flexibility index (Phi) is 3.94. The summed E-state index contributed by atoms with van der Waals surface area (Å²) in [5.41, 5.74) is -0.267. The van der Waals surface area contributed by atoms with Crippen LogP contribution in [-0.2, 0) is 14.0 Å². The summed E-state index contributed by atoms with van der Waals surface area (Å²) in [6.07, 6.45) is 1.52. The molecule has 0 saturated carbocycles. The predicted molar refractivity (Wildman–Crippen MR) is 78.6 cm³/mol. The minimum atomic E-state index is -0.593. The average molecular weight is 293 g/mol. The van der Waals surface area contributed by atoms with Crippen LogP contribution < -0.4 is 10.8 Å². The second-order valence-corrected chi connectivity index (χ2v) is 5.83. The number of methoxy groups -OCH3 is 1. The zero-order valence-corrected chi connectivity index (χ0v) is 13.2. The Bertz CT molecular complexity index is 546. The molecule has 21 heavy (non-hydrogen) atoms. The highest BCUT2D eigenvalue weighted by atomic mass is 16.7. The van der Waals surface area contributed by atoms with Crippen molar-refractivity contribution in [1.29, 1.82) is 0 Å². The maximum atomic E-state index is 11.5. The number of nitrogens with zero attached hydrogens (tertiary/aromatic N) is 2. The lowest BCUT2D eigenvalue weighted by Crippen LogP contribution is -2.41. The molecule has 8 heteroatoms. The van der Waals surface area contributed by atoms with Crippen molar-refractivity contribution >= 4 is 24.4 Å². The van der Waals surface area contributed by atoms with E-state index < -0.39 is 24.3 Å². The minimum Gasteiger partial charge on any atom is -0.463 e. The fourth-order valence-corrected chi connectivity index (χ4v) is 1.92. The van der Waals surface area contributed by atoms with Gasteiger partial charge in [-0.05, 0) is 27.7 Å². The molecule has 7 nitrogen and oxygen atoms in total. The van der Waals surface area contributed by atoms with Crippen molar-refractivity contribution in [3.63, 3.8) is 0 Å². The van der Waals surface area contributed by atoms with Crippen LogP contribution in [0.15, 0.2) is 6.20 Å². The van der Waals surface area contributed by atoms with E-state index in [0.29, 0.717) is 11.3 Å². The molecule has 0 radical (unpaired) electrons. The Morgan fingerprint density at radius 3 is 2.33 bits per heavy atom. The third kappa shape index (κ3) is 2.73. The number of carbonyl (C=O) groups is 1. The van der Waals surface area contributed by atoms with Gasteiger partial charge in [0.05, 0.1) is 18.3 Å². The van der Waals surface area contributed by atoms with Crippen LogP contribution in [0.3, 0.4) is 0 Å². The molecule has 2 heterocycles. The van der Waals surface area contributed by atoms with Gasteiger partial charge < -0.3 is 19.4 Å². The fourth-order valence-electron chi connectivity index (χ4n) is 1.92. The Morgan fingerprint density at radius 1 is 1.29 bits per heavy atom. The Labute approximate surface area is 124 Å². The van der Waals surface area contributed by atoms with Crippen LogP contribution in [0.2, 0.25) is 0 Å². The van der Waals surface area contributed by atoms with E-state index in [4.69, 9.17) is 9.31 Å². The molecule has 1 aliphatic heterocycles. The van der Waals surface area contributed by atoms with Gasteiger partial charge in [-0.25, -0.2) is 14.8 Å². The van der Waals surface area contributed by atoms with Crippen LogP contribution >= 0.6 is 0 Å². The zero-order chi connectivity index (χ0) is 15.8. The average Bonchev–Trinajstić information content (AvgIpc) is 2.65. The molecule has 2 rings (SSSR count). The van der Waals surface area contributed by atoms with Crippen molar-refractivity contribution in [3.05, 3.63) is 12.0 Å². The topological polar surface area (TPSA) is 82.6 Å². The highest BCUT2D eigenvalue weighted by Crippen LogP contribution is 2.36. The number of hydrogen-bond donors (Lipinski definition) is 1. The van der Waals surface area contributed by atoms with Gasteiger partial charge in [-0.1, -0.05) is 0 Å². The molecule has 0 aromatic carbocycles. The van der Waals surface area contributed by atoms with Crippen molar-refractivity contribution in [1.82, 2.24) is 9.97 Å². The van der Waals surface area contributed by atoms with E-state index in [-0.39, 0.29) is 5.82 Å². The molecule has 1 aromatic heterocycles. The van der Waals surface area contributed by atoms with Gasteiger partial charge in [0.2, 0.25) is 5.82 Å². The fraction of sp³-hybridized carbons (Fsp3) is 0.615. The smallest absolute Gasteiger partial charge is 0.463 e. The Hall–Kier alpha value is -1.67. The van der Waals surface area contributed by atoms with Crippen LogP contribution in [0.1, 0.15) is 38.3 Å². The van der Waals surface area contributed by atoms with Crippen molar-refractivity contribution < 1.29 is 18.8 Å². The third-order valence-electron chi connectivity index (χ3n) is 3.93. The minimum absolute atomic E-state index is 0.0119. The largest absolute Gasteiger partial charge is 0.500 e. The van der Waals surface area contributed by atoms with Gasteiger partial charge >= 0.3 is 13.1 Å². The molecular formula is C13H20BN3O4. The van der Waals surface area contributed by atoms with Gasteiger partial charge in [-0.3, -0.25) is 0 Å². The van der Waals surface area contributed by atoms with E-state index in [1.54, 1.807) is 7.05 Å². The van der Waals surface area contributed by atoms with Crippen molar-refractivity contribution in [2.75, 3.05) is 19.5 Å². The van der Waals surface area contributed by atoms with Crippen LogP contribution in [0, 0.1) is 0 Å². The molecule has 1 aromatic rings. The molecule has 0 bridgehead atoms. The summed E-state index contributed by atoms with van der Waals surface area (Å²) in [4.78, 5) is 19.6. The van der Waals surface area contributed by atoms with E-state index in [1.165, 1.54) is 13.3 Å². The summed E-state index contributed by atoms with van der Waals surface area (Å²) in [6, 6.07) is 0. The van der Waals surface area contributed by atoms with E-state index in [0.717, 1.165) is 0 Å². The number of hydrogen-bond acceptors (Lipinski definition) is 7. The van der Waals surface area contributed by atoms with Gasteiger partial charge in [0.1, 0.15) is 5.82 Å². The first-order valence-electron chi connectivity index (χ1n) is 6.70. The summed E-state index contributed by atoms with van der Waals surface area (Å²) < 4.78 is 16.5. The summed E-state index contributed by atoms with van der Waals surface area (Å²) in [6.45, 7) is 7.87. The summed E-state index contributed by atoms with van der Waals surface area (Å²) in [5, 5.41) is 2.93. The molecule has 114 valence electrons. The third-order valence-corrected chi connectivity index (χ3v) is 3.93. The molecule has 0 atom stereocenters. The van der Waals surface area contributed by atoms with E-state index in [1.807, 2.05) is 27.7 Å². The van der Waals surface area contributed by atoms with Crippen LogP contribution in [0.4, 0.5) is 5.82 Å². The molecule has 0 unspecified atom stereocenters. The van der Waals surface area contributed by atoms with Gasteiger partial charge in [0.25, 0.3) is 0 Å². The number of ether oxygens (including phenoxy) is 1. The SMILES string of the molecule is CNc1nc(C(=O)OC)ncc1B1OC(C)(C)C(C)(C)O1. The predicted octanol–water partition coefficient (Wildman–Crippen LogP) is 0.604. The molecule has 0 amide bonds. The summed E-state index contributed by atoms with van der Waals surface area (Å²) >= 11 is 0. The van der Waals surface area contributed by atoms with E-state index >= 15 is 0 Å². The van der Waals surface area contributed by atoms with Crippen molar-refractivity contribution in [2.24, 2.45) is 0 Å². The molecule has 1 saturated heterocycles. The lowest BCUT2D eigenvalue weighted by atomic mass is 9.80. The first-order valence-corrected chi connectivity index (χ1v) is 6.70. The quantitative estimate of drug-likeness (QED) is 0.645. The molecule has 0 spiro atoms. The van der Waals surface area contributed by atoms with Crippen molar-refractivity contribution in [3.8, 4) is 0 Å². The first kappa shape index (κ1) is 15.7. The molecule has 0 aliphatic carbocycles. The number of nitrogens with one attached hydrogen (secondary N) is 1. The summed E-state index contributed by atoms with van der Waals surface area (Å²) in [5.74, 6) is -0.127. The normalized spacial score (nSPS) is 19.4. The van der Waals surface area contributed by atoms with Crippen LogP contribution in [-0.4, -0.2) is 48.4 Å². The van der Waals surface area contributed by atoms with Gasteiger partial charge in [-0.15, -0.1) is 0 Å². The number of carbonyl (C=O) groups excluding carboxylic acids is 1. The van der Waals surface area contributed by atoms with Gasteiger partial charge in [0, 0.05) is 18.7 Å². The molecular weight excluding hydrogens is 273 g/mol. The molecule has 1 N–H and O–H groups in total. The monoisotopic (exact) mass is 293 g/mol. The molecule has 1 fully saturated rings. The summed E-state index contributed by atoms with van der Waals surface area (Å²) in [7, 11) is 2.40. The van der Waals surface area contributed by atoms with Gasteiger partial charge in [-0.2, -0.15) is 0 Å². The number of anilines is 1. The number of esters is 1. The lowest BCUT2D eigenvalue weighted by molar-refractivity contribution is 0.00578. The highest BCUT2D eigenvalue weighted by Gasteiger charge is 2.52. The second-order valence-electron chi connectivity index (χ2n) is 5.83. The van der Waals surface area contributed by atoms with E-state index in [9.17, 15) is 4.79 Å². The molecule has 1 aliphatic rings. The van der Waals surface area contributed by atoms with Gasteiger partial charge in [0.15, 0.2) is 0 Å². The van der Waals surface area contributed by atoms with Crippen LogP contribution in [0.25, 0.3) is 0 Å². The first-order chi connectivity index (χ1) is 9.71. The maximum absolute atomic E-state index is 11.5. The Balaban J connectivity index is 2.35. The zero-order valence-electron chi connectivity index (χ0n) is 13.2. The highest BCUT2D eigenvalue weighted by molar-refractivity contribution is 6.63. The number of rotatable bonds is 3. The standard InChI is InChI=1S/C13H20BN3O4/c1-12(2)13(3,4)21-14(20-12)8-7-16-10(11(18)19-6)17-9(8)15-5/h7H,1-6H3,(H,15,16,17). The lowest BCUT2D eigenvalue weighted by Gasteiger charge is -2.32. The van der Waals surface area contributed by atoms with Crippen molar-refractivity contribution in [2.45, 2.75) is 38.9 Å². The number of aromatic nitrogens is 2. The van der Waals surface area contributed by atoms with E-state index in [2.05, 4.69) is 20.0 Å². The second kappa shape index (κ2) is 5.27.